The van der Waals surface area contributed by atoms with Gasteiger partial charge in [0, 0.05) is 22.9 Å². The molecule has 5 rings (SSSR count). The molecule has 2 aliphatic rings. The van der Waals surface area contributed by atoms with Gasteiger partial charge in [-0.05, 0) is 79.6 Å². The van der Waals surface area contributed by atoms with Crippen molar-refractivity contribution in [3.63, 3.8) is 0 Å². The Morgan fingerprint density at radius 1 is 1.21 bits per heavy atom. The third-order valence-electron chi connectivity index (χ3n) is 5.97. The topological polar surface area (TPSA) is 115 Å². The quantitative estimate of drug-likeness (QED) is 0.487. The molecule has 1 atom stereocenters. The van der Waals surface area contributed by atoms with Gasteiger partial charge in [0.1, 0.15) is 18.7 Å². The van der Waals surface area contributed by atoms with E-state index in [1.54, 1.807) is 0 Å². The SMILES string of the molecule is CC(C)OC(=O)Nc1ccc(C2=C(N)c3ccc(OCc4ncn[nH]4)cc3C2C2CC2)cc1. The molecule has 0 radical (unpaired) electrons. The van der Waals surface area contributed by atoms with Crippen molar-refractivity contribution in [3.8, 4) is 5.75 Å². The number of H-pyrrole nitrogens is 1. The van der Waals surface area contributed by atoms with Gasteiger partial charge in [-0.3, -0.25) is 10.4 Å². The monoisotopic (exact) mass is 445 g/mol. The van der Waals surface area contributed by atoms with Gasteiger partial charge in [-0.2, -0.15) is 5.10 Å². The van der Waals surface area contributed by atoms with E-state index in [0.29, 0.717) is 24.0 Å². The Morgan fingerprint density at radius 2 is 2.00 bits per heavy atom. The van der Waals surface area contributed by atoms with Crippen LogP contribution in [0, 0.1) is 5.92 Å². The average Bonchev–Trinajstić information content (AvgIpc) is 3.40. The highest BCUT2D eigenvalue weighted by Crippen LogP contribution is 2.56. The van der Waals surface area contributed by atoms with Gasteiger partial charge in [-0.25, -0.2) is 9.78 Å². The second-order valence-corrected chi connectivity index (χ2v) is 8.77. The van der Waals surface area contributed by atoms with Crippen molar-refractivity contribution in [1.82, 2.24) is 15.2 Å². The number of rotatable bonds is 7. The van der Waals surface area contributed by atoms with Crippen LogP contribution in [-0.2, 0) is 11.3 Å². The minimum atomic E-state index is -0.460. The maximum absolute atomic E-state index is 11.9. The highest BCUT2D eigenvalue weighted by Gasteiger charge is 2.41. The van der Waals surface area contributed by atoms with Crippen LogP contribution in [0.25, 0.3) is 11.3 Å². The molecule has 1 saturated carbocycles. The number of nitrogens with two attached hydrogens (primary N) is 1. The summed E-state index contributed by atoms with van der Waals surface area (Å²) in [6.45, 7) is 3.97. The van der Waals surface area contributed by atoms with Crippen molar-refractivity contribution < 1.29 is 14.3 Å². The summed E-state index contributed by atoms with van der Waals surface area (Å²) in [6, 6.07) is 13.9. The first-order chi connectivity index (χ1) is 16.0. The number of nitrogens with one attached hydrogen (secondary N) is 2. The zero-order valence-electron chi connectivity index (χ0n) is 18.7. The number of hydrogen-bond donors (Lipinski definition) is 3. The Hall–Kier alpha value is -3.81. The number of allylic oxidation sites excluding steroid dienone is 1. The van der Waals surface area contributed by atoms with E-state index in [1.165, 1.54) is 24.7 Å². The molecule has 4 N–H and O–H groups in total. The summed E-state index contributed by atoms with van der Waals surface area (Å²) in [5, 5.41) is 9.43. The van der Waals surface area contributed by atoms with E-state index in [4.69, 9.17) is 15.2 Å². The van der Waals surface area contributed by atoms with Gasteiger partial charge in [0.25, 0.3) is 0 Å². The van der Waals surface area contributed by atoms with E-state index in [9.17, 15) is 4.79 Å². The van der Waals surface area contributed by atoms with Crippen LogP contribution in [0.5, 0.6) is 5.75 Å². The highest BCUT2D eigenvalue weighted by atomic mass is 16.6. The van der Waals surface area contributed by atoms with Crippen LogP contribution in [0.15, 0.2) is 48.8 Å². The van der Waals surface area contributed by atoms with Crippen molar-refractivity contribution in [2.24, 2.45) is 11.7 Å². The van der Waals surface area contributed by atoms with Crippen molar-refractivity contribution in [1.29, 1.82) is 0 Å². The fourth-order valence-corrected chi connectivity index (χ4v) is 4.40. The molecule has 0 saturated heterocycles. The van der Waals surface area contributed by atoms with Gasteiger partial charge < -0.3 is 15.2 Å². The number of nitrogens with zero attached hydrogens (tertiary/aromatic N) is 2. The minimum Gasteiger partial charge on any atom is -0.486 e. The van der Waals surface area contributed by atoms with Gasteiger partial charge in [0.15, 0.2) is 5.82 Å². The molecule has 8 heteroatoms. The van der Waals surface area contributed by atoms with Gasteiger partial charge in [0.05, 0.1) is 6.10 Å². The summed E-state index contributed by atoms with van der Waals surface area (Å²) >= 11 is 0. The van der Waals surface area contributed by atoms with E-state index in [0.717, 1.165) is 28.1 Å². The summed E-state index contributed by atoms with van der Waals surface area (Å²) in [7, 11) is 0. The number of benzene rings is 2. The lowest BCUT2D eigenvalue weighted by Crippen LogP contribution is -2.17. The number of anilines is 1. The van der Waals surface area contributed by atoms with E-state index in [-0.39, 0.29) is 12.0 Å². The lowest BCUT2D eigenvalue weighted by molar-refractivity contribution is 0.130. The van der Waals surface area contributed by atoms with Crippen LogP contribution < -0.4 is 15.8 Å². The first-order valence-electron chi connectivity index (χ1n) is 11.2. The van der Waals surface area contributed by atoms with E-state index in [2.05, 4.69) is 26.6 Å². The summed E-state index contributed by atoms with van der Waals surface area (Å²) in [4.78, 5) is 16.0. The molecule has 2 aromatic carbocycles. The average molecular weight is 446 g/mol. The number of aromatic amines is 1. The summed E-state index contributed by atoms with van der Waals surface area (Å²) in [5.41, 5.74) is 12.7. The van der Waals surface area contributed by atoms with Gasteiger partial charge in [-0.1, -0.05) is 12.1 Å². The molecule has 2 aliphatic carbocycles. The van der Waals surface area contributed by atoms with E-state index < -0.39 is 6.09 Å². The minimum absolute atomic E-state index is 0.171. The van der Waals surface area contributed by atoms with Crippen molar-refractivity contribution >= 4 is 23.1 Å². The Morgan fingerprint density at radius 3 is 2.67 bits per heavy atom. The molecule has 1 unspecified atom stereocenters. The smallest absolute Gasteiger partial charge is 0.411 e. The second kappa shape index (κ2) is 8.61. The van der Waals surface area contributed by atoms with Crippen LogP contribution in [0.2, 0.25) is 0 Å². The maximum atomic E-state index is 11.9. The molecule has 1 heterocycles. The Kier molecular flexibility index (Phi) is 5.50. The first-order valence-corrected chi connectivity index (χ1v) is 11.2. The zero-order chi connectivity index (χ0) is 22.9. The third kappa shape index (κ3) is 4.41. The molecule has 3 aromatic rings. The molecule has 8 nitrogen and oxygen atoms in total. The fraction of sp³-hybridized carbons (Fsp3) is 0.320. The number of fused-ring (bicyclic) bond motifs is 1. The normalized spacial score (nSPS) is 17.2. The summed E-state index contributed by atoms with van der Waals surface area (Å²) in [6.07, 6.45) is 3.21. The van der Waals surface area contributed by atoms with Gasteiger partial charge in [-0.15, -0.1) is 0 Å². The van der Waals surface area contributed by atoms with Crippen LogP contribution in [-0.4, -0.2) is 27.4 Å². The van der Waals surface area contributed by atoms with E-state index in [1.807, 2.05) is 50.2 Å². The Bertz CT molecular complexity index is 1180. The molecule has 0 bridgehead atoms. The van der Waals surface area contributed by atoms with Crippen LogP contribution in [0.3, 0.4) is 0 Å². The Balaban J connectivity index is 1.38. The summed E-state index contributed by atoms with van der Waals surface area (Å²) < 4.78 is 11.1. The maximum Gasteiger partial charge on any atom is 0.411 e. The highest BCUT2D eigenvalue weighted by molar-refractivity contribution is 5.99. The lowest BCUT2D eigenvalue weighted by atomic mass is 9.87. The van der Waals surface area contributed by atoms with Crippen LogP contribution in [0.1, 0.15) is 55.1 Å². The molecule has 33 heavy (non-hydrogen) atoms. The third-order valence-corrected chi connectivity index (χ3v) is 5.97. The van der Waals surface area contributed by atoms with E-state index >= 15 is 0 Å². The van der Waals surface area contributed by atoms with Crippen molar-refractivity contribution in [2.75, 3.05) is 5.32 Å². The van der Waals surface area contributed by atoms with Crippen molar-refractivity contribution in [3.05, 3.63) is 71.3 Å². The predicted molar refractivity (Wildman–Crippen MR) is 125 cm³/mol. The molecule has 0 spiro atoms. The molecular weight excluding hydrogens is 418 g/mol. The Labute approximate surface area is 192 Å². The molecule has 1 fully saturated rings. The largest absolute Gasteiger partial charge is 0.486 e. The van der Waals surface area contributed by atoms with Crippen molar-refractivity contribution in [2.45, 2.75) is 45.3 Å². The number of aromatic nitrogens is 3. The lowest BCUT2D eigenvalue weighted by Gasteiger charge is -2.18. The molecule has 170 valence electrons. The zero-order valence-corrected chi connectivity index (χ0v) is 18.7. The number of amides is 1. The van der Waals surface area contributed by atoms with Gasteiger partial charge in [0.2, 0.25) is 0 Å². The molecular formula is C25H27N5O3. The standard InChI is InChI=1S/C25H27N5O3/c1-14(2)33-25(31)29-17-7-5-16(6-8-17)23-22(15-3-4-15)20-11-18(9-10-19(20)24(23)26)32-12-21-27-13-28-30-21/h5-11,13-15,22H,3-4,12,26H2,1-2H3,(H,29,31)(H,27,28,30). The number of hydrogen-bond acceptors (Lipinski definition) is 6. The summed E-state index contributed by atoms with van der Waals surface area (Å²) in [5.74, 6) is 2.27. The number of carbonyl (C=O) groups is 1. The predicted octanol–water partition coefficient (Wildman–Crippen LogP) is 4.67. The first kappa shape index (κ1) is 21.1. The second-order valence-electron chi connectivity index (χ2n) is 8.77. The number of carbonyl (C=O) groups excluding carboxylic acids is 1. The van der Waals surface area contributed by atoms with Crippen LogP contribution in [0.4, 0.5) is 10.5 Å². The fourth-order valence-electron chi connectivity index (χ4n) is 4.40. The molecule has 1 amide bonds. The number of ether oxygens (including phenoxy) is 2. The molecule has 0 aliphatic heterocycles. The van der Waals surface area contributed by atoms with Crippen LogP contribution >= 0.6 is 0 Å². The van der Waals surface area contributed by atoms with Gasteiger partial charge >= 0.3 is 6.09 Å². The molecule has 1 aromatic heterocycles.